The third kappa shape index (κ3) is 2.13. The molecule has 1 aliphatic rings. The second-order valence-corrected chi connectivity index (χ2v) is 4.03. The number of para-hydroxylation sites is 1. The third-order valence-corrected chi connectivity index (χ3v) is 2.75. The van der Waals surface area contributed by atoms with Gasteiger partial charge in [-0.1, -0.05) is 13.0 Å². The molecule has 0 saturated carbocycles. The molecule has 1 aromatic rings. The van der Waals surface area contributed by atoms with Crippen molar-refractivity contribution in [2.75, 3.05) is 24.7 Å². The maximum Gasteiger partial charge on any atom is 0.299 e. The number of carbonyl (C=O) groups excluding carboxylic acids is 2. The molecular formula is C13H14FNO3. The van der Waals surface area contributed by atoms with Gasteiger partial charge in [-0.3, -0.25) is 14.5 Å². The molecule has 1 aliphatic heterocycles. The minimum atomic E-state index is -0.685. The minimum Gasteiger partial charge on any atom is -0.380 e. The molecule has 0 saturated heterocycles. The first-order valence-electron chi connectivity index (χ1n) is 5.89. The first-order valence-corrected chi connectivity index (χ1v) is 5.89. The van der Waals surface area contributed by atoms with E-state index in [1.165, 1.54) is 18.2 Å². The van der Waals surface area contributed by atoms with Gasteiger partial charge in [-0.15, -0.1) is 0 Å². The maximum absolute atomic E-state index is 13.7. The first kappa shape index (κ1) is 12.7. The molecule has 0 aliphatic carbocycles. The van der Waals surface area contributed by atoms with E-state index in [0.29, 0.717) is 13.2 Å². The number of carbonyl (C=O) groups is 2. The fourth-order valence-electron chi connectivity index (χ4n) is 1.93. The van der Waals surface area contributed by atoms with Gasteiger partial charge in [0.2, 0.25) is 0 Å². The fourth-order valence-corrected chi connectivity index (χ4v) is 1.93. The van der Waals surface area contributed by atoms with E-state index in [-0.39, 0.29) is 17.8 Å². The average molecular weight is 251 g/mol. The van der Waals surface area contributed by atoms with Crippen LogP contribution in [0, 0.1) is 5.82 Å². The summed E-state index contributed by atoms with van der Waals surface area (Å²) in [4.78, 5) is 24.5. The maximum atomic E-state index is 13.7. The van der Waals surface area contributed by atoms with Crippen LogP contribution < -0.4 is 4.90 Å². The van der Waals surface area contributed by atoms with Crippen LogP contribution in [0.15, 0.2) is 18.2 Å². The minimum absolute atomic E-state index is 0.0765. The van der Waals surface area contributed by atoms with Crippen molar-refractivity contribution >= 4 is 17.4 Å². The van der Waals surface area contributed by atoms with E-state index >= 15 is 0 Å². The van der Waals surface area contributed by atoms with Gasteiger partial charge in [0.05, 0.1) is 17.9 Å². The number of ketones is 1. The van der Waals surface area contributed by atoms with Gasteiger partial charge in [-0.2, -0.15) is 0 Å². The van der Waals surface area contributed by atoms with Crippen LogP contribution in [0.2, 0.25) is 0 Å². The lowest BCUT2D eigenvalue weighted by Crippen LogP contribution is -2.33. The van der Waals surface area contributed by atoms with Crippen LogP contribution in [-0.2, 0) is 9.53 Å². The second-order valence-electron chi connectivity index (χ2n) is 4.03. The Hall–Kier alpha value is -1.75. The number of amides is 1. The molecule has 0 fully saturated rings. The molecule has 0 aromatic heterocycles. The zero-order valence-electron chi connectivity index (χ0n) is 10.1. The number of halogens is 1. The van der Waals surface area contributed by atoms with E-state index in [1.54, 1.807) is 0 Å². The van der Waals surface area contributed by atoms with Gasteiger partial charge >= 0.3 is 0 Å². The highest BCUT2D eigenvalue weighted by Crippen LogP contribution is 2.31. The molecule has 5 heteroatoms. The predicted molar refractivity (Wildman–Crippen MR) is 64.2 cm³/mol. The second kappa shape index (κ2) is 5.27. The number of benzene rings is 1. The first-order chi connectivity index (χ1) is 8.66. The Kier molecular flexibility index (Phi) is 3.72. The SMILES string of the molecule is CCCOCCN1C(=O)C(=O)c2cccc(F)c21. The lowest BCUT2D eigenvalue weighted by atomic mass is 10.1. The van der Waals surface area contributed by atoms with E-state index in [2.05, 4.69) is 0 Å². The van der Waals surface area contributed by atoms with E-state index in [4.69, 9.17) is 4.74 Å². The van der Waals surface area contributed by atoms with E-state index in [0.717, 1.165) is 11.3 Å². The van der Waals surface area contributed by atoms with Crippen LogP contribution in [0.5, 0.6) is 0 Å². The zero-order chi connectivity index (χ0) is 13.1. The molecule has 18 heavy (non-hydrogen) atoms. The number of fused-ring (bicyclic) bond motifs is 1. The molecule has 0 radical (unpaired) electrons. The van der Waals surface area contributed by atoms with Crippen molar-refractivity contribution in [1.82, 2.24) is 0 Å². The Morgan fingerprint density at radius 1 is 1.28 bits per heavy atom. The molecule has 0 bridgehead atoms. The number of hydrogen-bond donors (Lipinski definition) is 0. The number of ether oxygens (including phenoxy) is 1. The summed E-state index contributed by atoms with van der Waals surface area (Å²) in [7, 11) is 0. The highest BCUT2D eigenvalue weighted by Gasteiger charge is 2.37. The molecule has 0 unspecified atom stereocenters. The van der Waals surface area contributed by atoms with Crippen LogP contribution in [0.1, 0.15) is 23.7 Å². The van der Waals surface area contributed by atoms with Crippen molar-refractivity contribution in [3.05, 3.63) is 29.6 Å². The Bertz CT molecular complexity index is 487. The number of anilines is 1. The largest absolute Gasteiger partial charge is 0.380 e. The summed E-state index contributed by atoms with van der Waals surface area (Å²) in [6.07, 6.45) is 0.873. The van der Waals surface area contributed by atoms with Crippen LogP contribution in [0.3, 0.4) is 0 Å². The average Bonchev–Trinajstić information content (AvgIpc) is 2.61. The summed E-state index contributed by atoms with van der Waals surface area (Å²) in [5.41, 5.74) is 0.211. The molecule has 0 spiro atoms. The molecule has 96 valence electrons. The van der Waals surface area contributed by atoms with Crippen molar-refractivity contribution in [2.45, 2.75) is 13.3 Å². The summed E-state index contributed by atoms with van der Waals surface area (Å²) in [6.45, 7) is 3.04. The molecule has 2 rings (SSSR count). The van der Waals surface area contributed by atoms with Crippen molar-refractivity contribution in [3.8, 4) is 0 Å². The smallest absolute Gasteiger partial charge is 0.299 e. The molecule has 1 aromatic carbocycles. The van der Waals surface area contributed by atoms with Gasteiger partial charge in [-0.05, 0) is 18.6 Å². The van der Waals surface area contributed by atoms with Crippen molar-refractivity contribution in [2.24, 2.45) is 0 Å². The van der Waals surface area contributed by atoms with Gasteiger partial charge in [0.25, 0.3) is 11.7 Å². The van der Waals surface area contributed by atoms with Crippen molar-refractivity contribution in [1.29, 1.82) is 0 Å². The van der Waals surface area contributed by atoms with Crippen LogP contribution >= 0.6 is 0 Å². The van der Waals surface area contributed by atoms with Gasteiger partial charge in [0.1, 0.15) is 5.82 Å². The fraction of sp³-hybridized carbons (Fsp3) is 0.385. The van der Waals surface area contributed by atoms with E-state index in [1.807, 2.05) is 6.92 Å². The Morgan fingerprint density at radius 3 is 2.78 bits per heavy atom. The Morgan fingerprint density at radius 2 is 2.06 bits per heavy atom. The molecule has 4 nitrogen and oxygen atoms in total. The summed E-state index contributed by atoms with van der Waals surface area (Å²) in [5.74, 6) is -1.89. The highest BCUT2D eigenvalue weighted by atomic mass is 19.1. The van der Waals surface area contributed by atoms with Crippen molar-refractivity contribution < 1.29 is 18.7 Å². The normalized spacial score (nSPS) is 14.2. The number of rotatable bonds is 5. The van der Waals surface area contributed by atoms with Gasteiger partial charge in [0.15, 0.2) is 0 Å². The van der Waals surface area contributed by atoms with E-state index in [9.17, 15) is 14.0 Å². The summed E-state index contributed by atoms with van der Waals surface area (Å²) < 4.78 is 18.9. The van der Waals surface area contributed by atoms with E-state index < -0.39 is 17.5 Å². The molecular weight excluding hydrogens is 237 g/mol. The molecule has 0 N–H and O–H groups in total. The summed E-state index contributed by atoms with van der Waals surface area (Å²) >= 11 is 0. The number of nitrogens with zero attached hydrogens (tertiary/aromatic N) is 1. The predicted octanol–water partition coefficient (Wildman–Crippen LogP) is 1.78. The topological polar surface area (TPSA) is 46.6 Å². The highest BCUT2D eigenvalue weighted by molar-refractivity contribution is 6.52. The molecule has 0 atom stereocenters. The Labute approximate surface area is 104 Å². The van der Waals surface area contributed by atoms with Crippen LogP contribution in [-0.4, -0.2) is 31.4 Å². The summed E-state index contributed by atoms with van der Waals surface area (Å²) in [5, 5.41) is 0. The standard InChI is InChI=1S/C13H14FNO3/c1-2-7-18-8-6-15-11-9(12(16)13(15)17)4-3-5-10(11)14/h3-5H,2,6-8H2,1H3. The lowest BCUT2D eigenvalue weighted by molar-refractivity contribution is -0.114. The molecule has 1 amide bonds. The quantitative estimate of drug-likeness (QED) is 0.592. The molecule has 1 heterocycles. The van der Waals surface area contributed by atoms with Crippen molar-refractivity contribution in [3.63, 3.8) is 0 Å². The Balaban J connectivity index is 2.17. The number of Topliss-reactive ketones (excluding diaryl/α,β-unsaturated/α-hetero) is 1. The number of hydrogen-bond acceptors (Lipinski definition) is 3. The van der Waals surface area contributed by atoms with Crippen LogP contribution in [0.25, 0.3) is 0 Å². The van der Waals surface area contributed by atoms with Gasteiger partial charge in [0, 0.05) is 13.2 Å². The van der Waals surface area contributed by atoms with Gasteiger partial charge < -0.3 is 4.74 Å². The summed E-state index contributed by atoms with van der Waals surface area (Å²) in [6, 6.07) is 4.13. The van der Waals surface area contributed by atoms with Gasteiger partial charge in [-0.25, -0.2) is 4.39 Å². The zero-order valence-corrected chi connectivity index (χ0v) is 10.1. The van der Waals surface area contributed by atoms with Crippen LogP contribution in [0.4, 0.5) is 10.1 Å². The monoisotopic (exact) mass is 251 g/mol. The third-order valence-electron chi connectivity index (χ3n) is 2.75. The lowest BCUT2D eigenvalue weighted by Gasteiger charge is -2.16.